The summed E-state index contributed by atoms with van der Waals surface area (Å²) in [5, 5.41) is 13.7. The number of ether oxygens (including phenoxy) is 3. The number of hydrogen-bond donors (Lipinski definition) is 1. The smallest absolute Gasteiger partial charge is 0.210 e. The van der Waals surface area contributed by atoms with Crippen LogP contribution in [-0.2, 0) is 15.9 Å². The van der Waals surface area contributed by atoms with Gasteiger partial charge in [-0.1, -0.05) is 18.0 Å². The SMILES string of the molecule is CCc1nccn1C(CCO)c1cc(C#Cc2ccc(OCC3COC(C)(C)OC3)cc2)on1. The molecule has 0 amide bonds. The molecule has 1 saturated heterocycles. The maximum atomic E-state index is 9.53. The van der Waals surface area contributed by atoms with E-state index in [9.17, 15) is 5.11 Å². The predicted octanol–water partition coefficient (Wildman–Crippen LogP) is 3.58. The minimum Gasteiger partial charge on any atom is -0.493 e. The summed E-state index contributed by atoms with van der Waals surface area (Å²) in [7, 11) is 0. The Balaban J connectivity index is 1.36. The molecule has 8 heteroatoms. The van der Waals surface area contributed by atoms with Crippen LogP contribution in [0.15, 0.2) is 47.2 Å². The van der Waals surface area contributed by atoms with Gasteiger partial charge in [-0.15, -0.1) is 0 Å². The second-order valence-corrected chi connectivity index (χ2v) is 8.72. The van der Waals surface area contributed by atoms with E-state index in [0.29, 0.717) is 37.7 Å². The number of aryl methyl sites for hydroxylation is 1. The maximum Gasteiger partial charge on any atom is 0.210 e. The molecule has 0 saturated carbocycles. The first-order chi connectivity index (χ1) is 16.5. The van der Waals surface area contributed by atoms with Gasteiger partial charge < -0.3 is 28.4 Å². The Hall–Kier alpha value is -3.12. The lowest BCUT2D eigenvalue weighted by molar-refractivity contribution is -0.264. The number of aliphatic hydroxyl groups excluding tert-OH is 1. The summed E-state index contributed by atoms with van der Waals surface area (Å²) in [5.41, 5.74) is 1.56. The molecule has 1 aliphatic heterocycles. The van der Waals surface area contributed by atoms with E-state index in [4.69, 9.17) is 18.7 Å². The van der Waals surface area contributed by atoms with Gasteiger partial charge in [-0.25, -0.2) is 4.98 Å². The minimum absolute atomic E-state index is 0.0348. The van der Waals surface area contributed by atoms with Crippen LogP contribution < -0.4 is 4.74 Å². The second kappa shape index (κ2) is 10.9. The summed E-state index contributed by atoms with van der Waals surface area (Å²) < 4.78 is 24.7. The van der Waals surface area contributed by atoms with E-state index in [0.717, 1.165) is 23.6 Å². The summed E-state index contributed by atoms with van der Waals surface area (Å²) in [4.78, 5) is 4.37. The van der Waals surface area contributed by atoms with Gasteiger partial charge in [0.15, 0.2) is 5.79 Å². The highest BCUT2D eigenvalue weighted by atomic mass is 16.7. The highest BCUT2D eigenvalue weighted by Crippen LogP contribution is 2.24. The van der Waals surface area contributed by atoms with E-state index < -0.39 is 5.79 Å². The fourth-order valence-electron chi connectivity index (χ4n) is 3.76. The zero-order valence-electron chi connectivity index (χ0n) is 19.9. The lowest BCUT2D eigenvalue weighted by atomic mass is 10.1. The monoisotopic (exact) mass is 465 g/mol. The van der Waals surface area contributed by atoms with E-state index in [1.165, 1.54) is 0 Å². The number of aliphatic hydroxyl groups is 1. The molecule has 1 aliphatic rings. The lowest BCUT2D eigenvalue weighted by Gasteiger charge is -2.34. The van der Waals surface area contributed by atoms with Crippen LogP contribution in [0.1, 0.15) is 56.1 Å². The first kappa shape index (κ1) is 24.0. The van der Waals surface area contributed by atoms with Crippen molar-refractivity contribution in [3.8, 4) is 17.6 Å². The van der Waals surface area contributed by atoms with Crippen LogP contribution in [0, 0.1) is 17.8 Å². The summed E-state index contributed by atoms with van der Waals surface area (Å²) in [5.74, 6) is 7.99. The van der Waals surface area contributed by atoms with E-state index in [2.05, 4.69) is 22.0 Å². The van der Waals surface area contributed by atoms with Crippen LogP contribution in [0.4, 0.5) is 0 Å². The minimum atomic E-state index is -0.515. The van der Waals surface area contributed by atoms with Crippen LogP contribution in [0.5, 0.6) is 5.75 Å². The number of aromatic nitrogens is 3. The topological polar surface area (TPSA) is 91.8 Å². The van der Waals surface area contributed by atoms with Crippen molar-refractivity contribution in [1.29, 1.82) is 0 Å². The highest BCUT2D eigenvalue weighted by Gasteiger charge is 2.28. The number of hydrogen-bond acceptors (Lipinski definition) is 7. The molecule has 0 radical (unpaired) electrons. The molecule has 0 aliphatic carbocycles. The van der Waals surface area contributed by atoms with Gasteiger partial charge in [0.05, 0.1) is 25.9 Å². The van der Waals surface area contributed by atoms with E-state index in [1.54, 1.807) is 6.20 Å². The van der Waals surface area contributed by atoms with E-state index in [-0.39, 0.29) is 18.6 Å². The van der Waals surface area contributed by atoms with Crippen LogP contribution in [-0.4, -0.2) is 52.0 Å². The molecule has 2 aromatic heterocycles. The Morgan fingerprint density at radius 2 is 1.97 bits per heavy atom. The molecule has 4 rings (SSSR count). The summed E-state index contributed by atoms with van der Waals surface area (Å²) in [6.07, 6.45) is 4.97. The van der Waals surface area contributed by atoms with Crippen molar-refractivity contribution in [3.63, 3.8) is 0 Å². The molecule has 1 aromatic carbocycles. The van der Waals surface area contributed by atoms with Crippen molar-refractivity contribution >= 4 is 0 Å². The average Bonchev–Trinajstić information content (AvgIpc) is 3.51. The summed E-state index contributed by atoms with van der Waals surface area (Å²) >= 11 is 0. The lowest BCUT2D eigenvalue weighted by Crippen LogP contribution is -2.41. The third-order valence-electron chi connectivity index (χ3n) is 5.68. The van der Waals surface area contributed by atoms with Crippen LogP contribution in [0.2, 0.25) is 0 Å². The Bertz CT molecular complexity index is 1110. The van der Waals surface area contributed by atoms with Crippen LogP contribution in [0.25, 0.3) is 0 Å². The Kier molecular flexibility index (Phi) is 7.68. The van der Waals surface area contributed by atoms with Crippen LogP contribution >= 0.6 is 0 Å². The van der Waals surface area contributed by atoms with Gasteiger partial charge >= 0.3 is 0 Å². The molecule has 180 valence electrons. The molecular formula is C26H31N3O5. The number of imidazole rings is 1. The van der Waals surface area contributed by atoms with Gasteiger partial charge in [0.1, 0.15) is 17.3 Å². The first-order valence-electron chi connectivity index (χ1n) is 11.6. The van der Waals surface area contributed by atoms with Gasteiger partial charge in [-0.05, 0) is 50.5 Å². The van der Waals surface area contributed by atoms with Crippen molar-refractivity contribution in [1.82, 2.24) is 14.7 Å². The Morgan fingerprint density at radius 1 is 1.21 bits per heavy atom. The van der Waals surface area contributed by atoms with Crippen LogP contribution in [0.3, 0.4) is 0 Å². The third-order valence-corrected chi connectivity index (χ3v) is 5.68. The zero-order chi connectivity index (χ0) is 24.0. The van der Waals surface area contributed by atoms with Crippen molar-refractivity contribution < 1.29 is 23.8 Å². The van der Waals surface area contributed by atoms with Crippen molar-refractivity contribution in [2.75, 3.05) is 26.4 Å². The number of benzene rings is 1. The molecule has 34 heavy (non-hydrogen) atoms. The molecule has 0 spiro atoms. The fraction of sp³-hybridized carbons (Fsp3) is 0.462. The molecule has 8 nitrogen and oxygen atoms in total. The van der Waals surface area contributed by atoms with Gasteiger partial charge in [-0.2, -0.15) is 0 Å². The first-order valence-corrected chi connectivity index (χ1v) is 11.6. The highest BCUT2D eigenvalue weighted by molar-refractivity contribution is 5.42. The molecular weight excluding hydrogens is 434 g/mol. The summed E-state index contributed by atoms with van der Waals surface area (Å²) in [6, 6.07) is 9.28. The third kappa shape index (κ3) is 6.06. The maximum absolute atomic E-state index is 9.53. The van der Waals surface area contributed by atoms with Gasteiger partial charge in [0.25, 0.3) is 0 Å². The van der Waals surface area contributed by atoms with Crippen molar-refractivity contribution in [3.05, 3.63) is 65.6 Å². The molecule has 3 heterocycles. The molecule has 1 fully saturated rings. The number of nitrogens with zero attached hydrogens (tertiary/aromatic N) is 3. The van der Waals surface area contributed by atoms with Gasteiger partial charge in [0.2, 0.25) is 5.76 Å². The standard InChI is InChI=1S/C26H31N3O5/c1-4-25-27-12-13-29(25)24(11-14-30)23-15-22(34-28-23)10-7-19-5-8-21(9-6-19)31-16-20-17-32-26(2,3)33-18-20/h5-6,8-9,12-13,15,20,24,30H,4,11,14,16-18H2,1-3H3. The molecule has 3 aromatic rings. The fourth-order valence-corrected chi connectivity index (χ4v) is 3.76. The normalized spacial score (nSPS) is 16.6. The molecule has 0 bridgehead atoms. The largest absolute Gasteiger partial charge is 0.493 e. The van der Waals surface area contributed by atoms with Gasteiger partial charge in [0, 0.05) is 43.0 Å². The van der Waals surface area contributed by atoms with E-state index >= 15 is 0 Å². The molecule has 1 unspecified atom stereocenters. The average molecular weight is 466 g/mol. The quantitative estimate of drug-likeness (QED) is 0.509. The Morgan fingerprint density at radius 3 is 2.68 bits per heavy atom. The van der Waals surface area contributed by atoms with Gasteiger partial charge in [-0.3, -0.25) is 0 Å². The zero-order valence-corrected chi connectivity index (χ0v) is 19.9. The van der Waals surface area contributed by atoms with Crippen molar-refractivity contribution in [2.24, 2.45) is 5.92 Å². The Labute approximate surface area is 199 Å². The van der Waals surface area contributed by atoms with E-state index in [1.807, 2.05) is 61.9 Å². The van der Waals surface area contributed by atoms with Crippen molar-refractivity contribution in [2.45, 2.75) is 45.4 Å². The number of rotatable bonds is 8. The summed E-state index contributed by atoms with van der Waals surface area (Å²) in [6.45, 7) is 7.69. The molecule has 1 atom stereocenters. The predicted molar refractivity (Wildman–Crippen MR) is 125 cm³/mol. The second-order valence-electron chi connectivity index (χ2n) is 8.72. The molecule has 1 N–H and O–H groups in total.